The van der Waals surface area contributed by atoms with E-state index in [9.17, 15) is 4.79 Å². The highest BCUT2D eigenvalue weighted by Gasteiger charge is 2.08. The van der Waals surface area contributed by atoms with E-state index in [-0.39, 0.29) is 12.5 Å². The third-order valence-corrected chi connectivity index (χ3v) is 3.66. The van der Waals surface area contributed by atoms with E-state index in [1.165, 1.54) is 0 Å². The number of carbonyl (C=O) groups excluding carboxylic acids is 1. The van der Waals surface area contributed by atoms with E-state index in [0.717, 1.165) is 16.7 Å². The largest absolute Gasteiger partial charge is 0.386 e. The van der Waals surface area contributed by atoms with Gasteiger partial charge < -0.3 is 4.84 Å². The SMILES string of the molecule is O=C(CO/N=C\c1ccccc1)NN=C(c1ccccc1)c1ccccc1. The number of amides is 1. The molecule has 0 aliphatic rings. The first-order chi connectivity index (χ1) is 13.3. The van der Waals surface area contributed by atoms with Crippen LogP contribution in [0.5, 0.6) is 0 Å². The van der Waals surface area contributed by atoms with Crippen LogP contribution in [-0.4, -0.2) is 24.4 Å². The lowest BCUT2D eigenvalue weighted by atomic mass is 10.0. The van der Waals surface area contributed by atoms with Crippen LogP contribution < -0.4 is 5.43 Å². The normalized spacial score (nSPS) is 10.4. The molecule has 0 saturated heterocycles. The van der Waals surface area contributed by atoms with E-state index in [4.69, 9.17) is 4.84 Å². The van der Waals surface area contributed by atoms with Crippen LogP contribution in [0.4, 0.5) is 0 Å². The van der Waals surface area contributed by atoms with Gasteiger partial charge in [-0.2, -0.15) is 5.10 Å². The second kappa shape index (κ2) is 9.68. The molecule has 134 valence electrons. The standard InChI is InChI=1S/C22H19N3O2/c26-21(17-27-23-16-18-10-4-1-5-11-18)24-25-22(19-12-6-2-7-13-19)20-14-8-3-9-15-20/h1-16H,17H2,(H,24,26)/b23-16-. The third kappa shape index (κ3) is 5.64. The van der Waals surface area contributed by atoms with Crippen LogP contribution in [0.1, 0.15) is 16.7 Å². The molecule has 0 aliphatic carbocycles. The summed E-state index contributed by atoms with van der Waals surface area (Å²) in [6.45, 7) is -0.219. The second-order valence-electron chi connectivity index (χ2n) is 5.65. The highest BCUT2D eigenvalue weighted by Crippen LogP contribution is 2.10. The molecule has 3 rings (SSSR count). The molecule has 0 radical (unpaired) electrons. The Hall–Kier alpha value is -3.73. The highest BCUT2D eigenvalue weighted by molar-refractivity contribution is 6.13. The van der Waals surface area contributed by atoms with E-state index in [1.807, 2.05) is 91.0 Å². The Morgan fingerprint density at radius 3 is 1.89 bits per heavy atom. The van der Waals surface area contributed by atoms with Crippen LogP contribution in [0, 0.1) is 0 Å². The van der Waals surface area contributed by atoms with Crippen molar-refractivity contribution in [2.24, 2.45) is 10.3 Å². The van der Waals surface area contributed by atoms with Crippen molar-refractivity contribution in [2.45, 2.75) is 0 Å². The summed E-state index contributed by atoms with van der Waals surface area (Å²) in [5, 5.41) is 8.08. The van der Waals surface area contributed by atoms with Crippen molar-refractivity contribution in [1.82, 2.24) is 5.43 Å². The van der Waals surface area contributed by atoms with Crippen molar-refractivity contribution in [3.8, 4) is 0 Å². The van der Waals surface area contributed by atoms with E-state index in [0.29, 0.717) is 5.71 Å². The topological polar surface area (TPSA) is 63.0 Å². The van der Waals surface area contributed by atoms with Crippen LogP contribution in [0.15, 0.2) is 101 Å². The molecule has 0 heterocycles. The van der Waals surface area contributed by atoms with E-state index >= 15 is 0 Å². The number of rotatable bonds is 7. The fourth-order valence-corrected chi connectivity index (χ4v) is 2.37. The van der Waals surface area contributed by atoms with Crippen molar-refractivity contribution in [3.63, 3.8) is 0 Å². The summed E-state index contributed by atoms with van der Waals surface area (Å²) in [4.78, 5) is 17.0. The summed E-state index contributed by atoms with van der Waals surface area (Å²) in [5.41, 5.74) is 5.92. The maximum atomic E-state index is 12.0. The number of hydrogen-bond acceptors (Lipinski definition) is 4. The molecule has 0 atom stereocenters. The fraction of sp³-hybridized carbons (Fsp3) is 0.0455. The van der Waals surface area contributed by atoms with Gasteiger partial charge in [-0.3, -0.25) is 4.79 Å². The Morgan fingerprint density at radius 1 is 0.815 bits per heavy atom. The number of benzene rings is 3. The first-order valence-corrected chi connectivity index (χ1v) is 8.51. The molecule has 5 heteroatoms. The molecule has 0 spiro atoms. The average Bonchev–Trinajstić information content (AvgIpc) is 2.74. The maximum absolute atomic E-state index is 12.0. The van der Waals surface area contributed by atoms with Gasteiger partial charge in [0.05, 0.1) is 11.9 Å². The predicted octanol–water partition coefficient (Wildman–Crippen LogP) is 3.61. The zero-order chi connectivity index (χ0) is 18.7. The van der Waals surface area contributed by atoms with Crippen molar-refractivity contribution >= 4 is 17.8 Å². The van der Waals surface area contributed by atoms with Crippen molar-refractivity contribution in [1.29, 1.82) is 0 Å². The quantitative estimate of drug-likeness (QED) is 0.519. The Bertz CT molecular complexity index is 867. The van der Waals surface area contributed by atoms with Gasteiger partial charge in [-0.25, -0.2) is 5.43 Å². The van der Waals surface area contributed by atoms with Crippen molar-refractivity contribution < 1.29 is 9.63 Å². The molecule has 27 heavy (non-hydrogen) atoms. The van der Waals surface area contributed by atoms with Crippen molar-refractivity contribution in [2.75, 3.05) is 6.61 Å². The smallest absolute Gasteiger partial charge is 0.280 e. The van der Waals surface area contributed by atoms with E-state index in [2.05, 4.69) is 15.7 Å². The monoisotopic (exact) mass is 357 g/mol. The molecule has 0 aromatic heterocycles. The summed E-state index contributed by atoms with van der Waals surface area (Å²) in [5.74, 6) is -0.385. The molecule has 0 bridgehead atoms. The van der Waals surface area contributed by atoms with Crippen LogP contribution in [0.3, 0.4) is 0 Å². The molecule has 5 nitrogen and oxygen atoms in total. The van der Waals surface area contributed by atoms with Gasteiger partial charge in [-0.15, -0.1) is 0 Å². The van der Waals surface area contributed by atoms with Gasteiger partial charge in [0.2, 0.25) is 0 Å². The molecule has 3 aromatic rings. The molecular weight excluding hydrogens is 338 g/mol. The van der Waals surface area contributed by atoms with Gasteiger partial charge in [0.1, 0.15) is 0 Å². The summed E-state index contributed by atoms with van der Waals surface area (Å²) in [6, 6.07) is 28.9. The first-order valence-electron chi connectivity index (χ1n) is 8.51. The van der Waals surface area contributed by atoms with Gasteiger partial charge in [-0.1, -0.05) is 96.2 Å². The Balaban J connectivity index is 1.62. The molecule has 3 aromatic carbocycles. The zero-order valence-electron chi connectivity index (χ0n) is 14.7. The number of nitrogens with one attached hydrogen (secondary N) is 1. The first kappa shape index (κ1) is 18.1. The third-order valence-electron chi connectivity index (χ3n) is 3.66. The molecular formula is C22H19N3O2. The van der Waals surface area contributed by atoms with E-state index < -0.39 is 0 Å². The fourth-order valence-electron chi connectivity index (χ4n) is 2.37. The lowest BCUT2D eigenvalue weighted by Gasteiger charge is -2.07. The van der Waals surface area contributed by atoms with Gasteiger partial charge >= 0.3 is 0 Å². The van der Waals surface area contributed by atoms with Gasteiger partial charge in [0.15, 0.2) is 6.61 Å². The maximum Gasteiger partial charge on any atom is 0.280 e. The average molecular weight is 357 g/mol. The Kier molecular flexibility index (Phi) is 6.48. The number of hydrogen-bond donors (Lipinski definition) is 1. The van der Waals surface area contributed by atoms with Gasteiger partial charge in [0.25, 0.3) is 5.91 Å². The van der Waals surface area contributed by atoms with Crippen molar-refractivity contribution in [3.05, 3.63) is 108 Å². The summed E-state index contributed by atoms with van der Waals surface area (Å²) < 4.78 is 0. The van der Waals surface area contributed by atoms with Crippen LogP contribution in [0.2, 0.25) is 0 Å². The summed E-state index contributed by atoms with van der Waals surface area (Å²) >= 11 is 0. The molecule has 1 N–H and O–H groups in total. The minimum Gasteiger partial charge on any atom is -0.386 e. The zero-order valence-corrected chi connectivity index (χ0v) is 14.7. The minimum absolute atomic E-state index is 0.219. The number of hydrazone groups is 1. The van der Waals surface area contributed by atoms with Crippen LogP contribution >= 0.6 is 0 Å². The lowest BCUT2D eigenvalue weighted by molar-refractivity contribution is -0.125. The molecule has 0 aliphatic heterocycles. The minimum atomic E-state index is -0.385. The predicted molar refractivity (Wildman–Crippen MR) is 107 cm³/mol. The highest BCUT2D eigenvalue weighted by atomic mass is 16.6. The second-order valence-corrected chi connectivity index (χ2v) is 5.65. The van der Waals surface area contributed by atoms with Crippen LogP contribution in [0.25, 0.3) is 0 Å². The number of carbonyl (C=O) groups is 1. The van der Waals surface area contributed by atoms with Gasteiger partial charge in [0, 0.05) is 11.1 Å². The molecule has 0 saturated carbocycles. The van der Waals surface area contributed by atoms with E-state index in [1.54, 1.807) is 6.21 Å². The van der Waals surface area contributed by atoms with Gasteiger partial charge in [-0.05, 0) is 5.56 Å². The molecule has 1 amide bonds. The number of oxime groups is 1. The molecule has 0 fully saturated rings. The molecule has 0 unspecified atom stereocenters. The number of nitrogens with zero attached hydrogens (tertiary/aromatic N) is 2. The van der Waals surface area contributed by atoms with Crippen LogP contribution in [-0.2, 0) is 9.63 Å². The lowest BCUT2D eigenvalue weighted by Crippen LogP contribution is -2.24. The summed E-state index contributed by atoms with van der Waals surface area (Å²) in [7, 11) is 0. The Labute approximate surface area is 158 Å². The summed E-state index contributed by atoms with van der Waals surface area (Å²) in [6.07, 6.45) is 1.55. The Morgan fingerprint density at radius 2 is 1.33 bits per heavy atom.